The third-order valence-electron chi connectivity index (χ3n) is 5.11. The van der Waals surface area contributed by atoms with Gasteiger partial charge in [-0.15, -0.1) is 0 Å². The van der Waals surface area contributed by atoms with Crippen molar-refractivity contribution in [2.24, 2.45) is 0 Å². The van der Waals surface area contributed by atoms with Gasteiger partial charge in [0.1, 0.15) is 6.04 Å². The van der Waals surface area contributed by atoms with E-state index in [1.54, 1.807) is 54.6 Å². The Morgan fingerprint density at radius 3 is 1.91 bits per heavy atom. The third kappa shape index (κ3) is 6.08. The van der Waals surface area contributed by atoms with Crippen molar-refractivity contribution in [2.45, 2.75) is 24.7 Å². The summed E-state index contributed by atoms with van der Waals surface area (Å²) in [6, 6.07) is 16.7. The summed E-state index contributed by atoms with van der Waals surface area (Å²) in [5.74, 6) is -2.63. The number of benzene rings is 3. The van der Waals surface area contributed by atoms with Crippen LogP contribution < -0.4 is 5.32 Å². The maximum atomic E-state index is 12.7. The highest BCUT2D eigenvalue weighted by Gasteiger charge is 2.31. The van der Waals surface area contributed by atoms with Crippen LogP contribution in [0.2, 0.25) is 0 Å². The van der Waals surface area contributed by atoms with Gasteiger partial charge < -0.3 is 15.5 Å². The number of nitrogens with one attached hydrogen (secondary N) is 1. The van der Waals surface area contributed by atoms with Crippen molar-refractivity contribution < 1.29 is 37.8 Å². The monoisotopic (exact) mass is 471 g/mol. The predicted octanol–water partition coefficient (Wildman–Crippen LogP) is 3.78. The van der Waals surface area contributed by atoms with Gasteiger partial charge >= 0.3 is 12.1 Å². The number of carbonyl (C=O) groups excluding carboxylic acids is 2. The molecule has 9 heteroatoms. The molecule has 0 saturated carbocycles. The lowest BCUT2D eigenvalue weighted by Crippen LogP contribution is -2.44. The molecule has 1 amide bonds. The van der Waals surface area contributed by atoms with E-state index in [1.165, 1.54) is 0 Å². The maximum absolute atomic E-state index is 12.7. The minimum Gasteiger partial charge on any atom is -0.480 e. The molecule has 0 heterocycles. The van der Waals surface area contributed by atoms with Crippen molar-refractivity contribution in [1.82, 2.24) is 5.32 Å². The number of hydrogen-bond acceptors (Lipinski definition) is 4. The summed E-state index contributed by atoms with van der Waals surface area (Å²) in [6.45, 7) is 0. The average Bonchev–Trinajstić information content (AvgIpc) is 2.83. The molecule has 0 unspecified atom stereocenters. The van der Waals surface area contributed by atoms with E-state index in [0.29, 0.717) is 16.7 Å². The van der Waals surface area contributed by atoms with Gasteiger partial charge in [-0.25, -0.2) is 4.79 Å². The highest BCUT2D eigenvalue weighted by molar-refractivity contribution is 6.08. The van der Waals surface area contributed by atoms with Gasteiger partial charge in [-0.1, -0.05) is 66.7 Å². The van der Waals surface area contributed by atoms with E-state index < -0.39 is 35.8 Å². The lowest BCUT2D eigenvalue weighted by Gasteiger charge is -2.18. The second kappa shape index (κ2) is 10.3. The van der Waals surface area contributed by atoms with Crippen molar-refractivity contribution in [2.75, 3.05) is 0 Å². The molecule has 3 aromatic carbocycles. The molecule has 3 rings (SSSR count). The fourth-order valence-electron chi connectivity index (χ4n) is 3.24. The van der Waals surface area contributed by atoms with E-state index in [9.17, 15) is 37.8 Å². The molecule has 3 aromatic rings. The quantitative estimate of drug-likeness (QED) is 0.434. The molecule has 0 saturated heterocycles. The Morgan fingerprint density at radius 1 is 0.824 bits per heavy atom. The number of aliphatic carboxylic acids is 1. The summed E-state index contributed by atoms with van der Waals surface area (Å²) in [7, 11) is 0. The van der Waals surface area contributed by atoms with Crippen LogP contribution in [-0.4, -0.2) is 33.9 Å². The highest BCUT2D eigenvalue weighted by Crippen LogP contribution is 2.30. The van der Waals surface area contributed by atoms with E-state index in [2.05, 4.69) is 5.32 Å². The van der Waals surface area contributed by atoms with E-state index in [-0.39, 0.29) is 17.8 Å². The van der Waals surface area contributed by atoms with Gasteiger partial charge in [0.2, 0.25) is 0 Å². The Bertz CT molecular complexity index is 1160. The van der Waals surface area contributed by atoms with Gasteiger partial charge in [0, 0.05) is 17.5 Å². The number of alkyl halides is 3. The van der Waals surface area contributed by atoms with Crippen LogP contribution in [0.1, 0.15) is 38.7 Å². The average molecular weight is 471 g/mol. The first kappa shape index (κ1) is 24.7. The molecule has 0 aliphatic rings. The fourth-order valence-corrected chi connectivity index (χ4v) is 3.24. The smallest absolute Gasteiger partial charge is 0.416 e. The number of carboxylic acid groups (broad SMARTS) is 1. The van der Waals surface area contributed by atoms with Crippen LogP contribution in [-0.2, 0) is 22.2 Å². The second-order valence-corrected chi connectivity index (χ2v) is 7.52. The standard InChI is InChI=1S/C25H20F3NO5/c26-25(27,28)19-12-10-18(11-13-19)22(31)23(32)29-20(24(33)34)14-15-6-8-17(9-7-15)21(30)16-4-2-1-3-5-16/h1-13,20,22,31H,14H2,(H,29,32)(H,33,34)/t20-,22+/m0/s1. The summed E-state index contributed by atoms with van der Waals surface area (Å²) >= 11 is 0. The number of amides is 1. The second-order valence-electron chi connectivity index (χ2n) is 7.52. The van der Waals surface area contributed by atoms with Crippen molar-refractivity contribution in [1.29, 1.82) is 0 Å². The first-order valence-electron chi connectivity index (χ1n) is 10.1. The van der Waals surface area contributed by atoms with E-state index >= 15 is 0 Å². The van der Waals surface area contributed by atoms with Gasteiger partial charge in [-0.3, -0.25) is 9.59 Å². The van der Waals surface area contributed by atoms with Crippen LogP contribution in [0.3, 0.4) is 0 Å². The Labute approximate surface area is 192 Å². The number of carbonyl (C=O) groups is 3. The zero-order valence-corrected chi connectivity index (χ0v) is 17.6. The summed E-state index contributed by atoms with van der Waals surface area (Å²) in [4.78, 5) is 36.5. The molecule has 0 bridgehead atoms. The Morgan fingerprint density at radius 2 is 1.38 bits per heavy atom. The van der Waals surface area contributed by atoms with E-state index in [4.69, 9.17) is 0 Å². The molecule has 2 atom stereocenters. The molecular formula is C25H20F3NO5. The SMILES string of the molecule is O=C(c1ccccc1)c1ccc(C[C@H](NC(=O)[C@H](O)c2ccc(C(F)(F)F)cc2)C(=O)O)cc1. The van der Waals surface area contributed by atoms with Gasteiger partial charge in [-0.2, -0.15) is 13.2 Å². The summed E-state index contributed by atoms with van der Waals surface area (Å²) in [6.07, 6.45) is -6.56. The molecule has 176 valence electrons. The molecule has 34 heavy (non-hydrogen) atoms. The molecule has 0 radical (unpaired) electrons. The minimum absolute atomic E-state index is 0.113. The zero-order chi connectivity index (χ0) is 24.9. The fraction of sp³-hybridized carbons (Fsp3) is 0.160. The summed E-state index contributed by atoms with van der Waals surface area (Å²) in [5, 5.41) is 21.8. The number of ketones is 1. The predicted molar refractivity (Wildman–Crippen MR) is 116 cm³/mol. The topological polar surface area (TPSA) is 104 Å². The number of aliphatic hydroxyl groups excluding tert-OH is 1. The Balaban J connectivity index is 1.66. The van der Waals surface area contributed by atoms with Crippen LogP contribution in [0.4, 0.5) is 13.2 Å². The van der Waals surface area contributed by atoms with E-state index in [0.717, 1.165) is 24.3 Å². The lowest BCUT2D eigenvalue weighted by molar-refractivity contribution is -0.143. The van der Waals surface area contributed by atoms with Crippen LogP contribution in [0.15, 0.2) is 78.9 Å². The first-order chi connectivity index (χ1) is 16.1. The van der Waals surface area contributed by atoms with Gasteiger partial charge in [0.15, 0.2) is 11.9 Å². The maximum Gasteiger partial charge on any atom is 0.416 e. The molecule has 0 spiro atoms. The van der Waals surface area contributed by atoms with Crippen molar-refractivity contribution in [3.63, 3.8) is 0 Å². The Hall–Kier alpha value is -3.98. The van der Waals surface area contributed by atoms with Crippen LogP contribution in [0, 0.1) is 0 Å². The van der Waals surface area contributed by atoms with Crippen molar-refractivity contribution in [3.05, 3.63) is 107 Å². The van der Waals surface area contributed by atoms with Crippen molar-refractivity contribution in [3.8, 4) is 0 Å². The van der Waals surface area contributed by atoms with Gasteiger partial charge in [0.25, 0.3) is 5.91 Å². The minimum atomic E-state index is -4.57. The molecular weight excluding hydrogens is 451 g/mol. The largest absolute Gasteiger partial charge is 0.480 e. The number of hydrogen-bond donors (Lipinski definition) is 3. The van der Waals surface area contributed by atoms with Crippen LogP contribution in [0.25, 0.3) is 0 Å². The highest BCUT2D eigenvalue weighted by atomic mass is 19.4. The van der Waals surface area contributed by atoms with Crippen molar-refractivity contribution >= 4 is 17.7 Å². The normalized spacial score (nSPS) is 13.1. The van der Waals surface area contributed by atoms with Gasteiger partial charge in [0.05, 0.1) is 5.56 Å². The number of carboxylic acids is 1. The number of aliphatic hydroxyl groups is 1. The summed E-state index contributed by atoms with van der Waals surface area (Å²) < 4.78 is 38.0. The number of rotatable bonds is 8. The molecule has 3 N–H and O–H groups in total. The van der Waals surface area contributed by atoms with Crippen LogP contribution >= 0.6 is 0 Å². The summed E-state index contributed by atoms with van der Waals surface area (Å²) in [5.41, 5.74) is 0.368. The lowest BCUT2D eigenvalue weighted by atomic mass is 9.99. The molecule has 6 nitrogen and oxygen atoms in total. The zero-order valence-electron chi connectivity index (χ0n) is 17.6. The molecule has 0 aliphatic carbocycles. The molecule has 0 fully saturated rings. The third-order valence-corrected chi connectivity index (χ3v) is 5.11. The first-order valence-corrected chi connectivity index (χ1v) is 10.1. The Kier molecular flexibility index (Phi) is 7.47. The van der Waals surface area contributed by atoms with Crippen LogP contribution in [0.5, 0.6) is 0 Å². The van der Waals surface area contributed by atoms with E-state index in [1.807, 2.05) is 0 Å². The molecule has 0 aliphatic heterocycles. The van der Waals surface area contributed by atoms with Gasteiger partial charge in [-0.05, 0) is 23.3 Å². The number of halogens is 3. The molecule has 0 aromatic heterocycles.